The highest BCUT2D eigenvalue weighted by atomic mass is 16.3. The predicted octanol–water partition coefficient (Wildman–Crippen LogP) is 3.28. The van der Waals surface area contributed by atoms with Gasteiger partial charge in [-0.3, -0.25) is 24.4 Å². The van der Waals surface area contributed by atoms with Gasteiger partial charge in [-0.2, -0.15) is 5.26 Å². The molecule has 1 aliphatic heterocycles. The molecule has 3 atom stereocenters. The number of amides is 2. The molecule has 0 bridgehead atoms. The van der Waals surface area contributed by atoms with Gasteiger partial charge in [0.2, 0.25) is 5.91 Å². The fourth-order valence-corrected chi connectivity index (χ4v) is 4.24. The lowest BCUT2D eigenvalue weighted by atomic mass is 9.87. The monoisotopic (exact) mass is 477 g/mol. The molecular formula is C27H35N5O3. The Kier molecular flexibility index (Phi) is 7.51. The maximum absolute atomic E-state index is 14.0. The highest BCUT2D eigenvalue weighted by molar-refractivity contribution is 6.04. The SMILES string of the molecule is CC(C)(C)NC(=O)C(c1cccnc1)N(C(=O)[C@H]1C[C@@H](O)CN1C#N)c1ccc(C(C)(C)C)cc1. The zero-order valence-corrected chi connectivity index (χ0v) is 21.3. The van der Waals surface area contributed by atoms with Crippen LogP contribution in [0.5, 0.6) is 0 Å². The number of hydrogen-bond acceptors (Lipinski definition) is 6. The average molecular weight is 478 g/mol. The third kappa shape index (κ3) is 6.17. The van der Waals surface area contributed by atoms with Gasteiger partial charge >= 0.3 is 0 Å². The summed E-state index contributed by atoms with van der Waals surface area (Å²) in [5, 5.41) is 22.8. The van der Waals surface area contributed by atoms with E-state index in [2.05, 4.69) is 31.1 Å². The van der Waals surface area contributed by atoms with Crippen LogP contribution in [0, 0.1) is 11.5 Å². The maximum Gasteiger partial charge on any atom is 0.251 e. The van der Waals surface area contributed by atoms with Crippen molar-refractivity contribution in [1.29, 1.82) is 5.26 Å². The van der Waals surface area contributed by atoms with Gasteiger partial charge in [0.15, 0.2) is 6.19 Å². The minimum atomic E-state index is -1.02. The lowest BCUT2D eigenvalue weighted by Crippen LogP contribution is -2.53. The molecule has 0 saturated carbocycles. The molecule has 8 heteroatoms. The number of aromatic nitrogens is 1. The summed E-state index contributed by atoms with van der Waals surface area (Å²) in [6.45, 7) is 12.0. The van der Waals surface area contributed by atoms with E-state index >= 15 is 0 Å². The van der Waals surface area contributed by atoms with E-state index in [-0.39, 0.29) is 24.3 Å². The van der Waals surface area contributed by atoms with Crippen LogP contribution >= 0.6 is 0 Å². The van der Waals surface area contributed by atoms with Crippen LogP contribution in [0.25, 0.3) is 0 Å². The molecule has 1 aromatic heterocycles. The predicted molar refractivity (Wildman–Crippen MR) is 134 cm³/mol. The molecule has 35 heavy (non-hydrogen) atoms. The zero-order chi connectivity index (χ0) is 26.0. The van der Waals surface area contributed by atoms with E-state index in [1.54, 1.807) is 24.5 Å². The molecule has 2 amide bonds. The largest absolute Gasteiger partial charge is 0.391 e. The number of carbonyl (C=O) groups excluding carboxylic acids is 2. The van der Waals surface area contributed by atoms with Crippen LogP contribution in [-0.2, 0) is 15.0 Å². The van der Waals surface area contributed by atoms with E-state index < -0.39 is 29.6 Å². The first-order chi connectivity index (χ1) is 16.3. The number of anilines is 1. The topological polar surface area (TPSA) is 110 Å². The van der Waals surface area contributed by atoms with Gasteiger partial charge in [0.1, 0.15) is 12.1 Å². The van der Waals surface area contributed by atoms with Crippen LogP contribution in [0.3, 0.4) is 0 Å². The third-order valence-electron chi connectivity index (χ3n) is 5.95. The van der Waals surface area contributed by atoms with Gasteiger partial charge in [-0.05, 0) is 49.9 Å². The summed E-state index contributed by atoms with van der Waals surface area (Å²) in [6, 6.07) is 9.14. The number of nitrogens with zero attached hydrogens (tertiary/aromatic N) is 4. The van der Waals surface area contributed by atoms with Gasteiger partial charge < -0.3 is 10.4 Å². The Bertz CT molecular complexity index is 1080. The fraction of sp³-hybridized carbons (Fsp3) is 0.481. The molecular weight excluding hydrogens is 442 g/mol. The molecule has 1 fully saturated rings. The first-order valence-electron chi connectivity index (χ1n) is 11.8. The first kappa shape index (κ1) is 26.2. The lowest BCUT2D eigenvalue weighted by molar-refractivity contribution is -0.129. The molecule has 1 saturated heterocycles. The summed E-state index contributed by atoms with van der Waals surface area (Å²) < 4.78 is 0. The summed E-state index contributed by atoms with van der Waals surface area (Å²) in [5.74, 6) is -0.787. The van der Waals surface area contributed by atoms with Crippen molar-refractivity contribution < 1.29 is 14.7 Å². The van der Waals surface area contributed by atoms with Gasteiger partial charge in [-0.15, -0.1) is 0 Å². The normalized spacial score (nSPS) is 19.1. The Morgan fingerprint density at radius 2 is 1.83 bits per heavy atom. The Balaban J connectivity index is 2.16. The maximum atomic E-state index is 14.0. The number of benzene rings is 1. The Morgan fingerprint density at radius 1 is 1.17 bits per heavy atom. The highest BCUT2D eigenvalue weighted by Gasteiger charge is 2.43. The smallest absolute Gasteiger partial charge is 0.251 e. The summed E-state index contributed by atoms with van der Waals surface area (Å²) in [7, 11) is 0. The third-order valence-corrected chi connectivity index (χ3v) is 5.95. The molecule has 3 rings (SSSR count). The second-order valence-electron chi connectivity index (χ2n) is 11.1. The lowest BCUT2D eigenvalue weighted by Gasteiger charge is -2.36. The van der Waals surface area contributed by atoms with E-state index in [9.17, 15) is 20.0 Å². The highest BCUT2D eigenvalue weighted by Crippen LogP contribution is 2.33. The van der Waals surface area contributed by atoms with Gasteiger partial charge in [0, 0.05) is 35.6 Å². The van der Waals surface area contributed by atoms with Crippen molar-refractivity contribution in [3.8, 4) is 6.19 Å². The number of pyridine rings is 1. The number of aliphatic hydroxyl groups excluding tert-OH is 1. The van der Waals surface area contributed by atoms with Gasteiger partial charge in [0.25, 0.3) is 5.91 Å². The van der Waals surface area contributed by atoms with E-state index in [1.807, 2.05) is 51.2 Å². The molecule has 2 heterocycles. The van der Waals surface area contributed by atoms with E-state index in [0.29, 0.717) is 11.3 Å². The molecule has 186 valence electrons. The number of likely N-dealkylation sites (tertiary alicyclic amines) is 1. The Hall–Kier alpha value is -3.44. The second kappa shape index (κ2) is 10.0. The van der Waals surface area contributed by atoms with Crippen molar-refractivity contribution in [1.82, 2.24) is 15.2 Å². The standard InChI is InChI=1S/C27H35N5O3/c1-26(2,3)19-9-11-20(12-10-19)32(25(35)22-14-21(33)16-31(22)17-28)23(18-8-7-13-29-15-18)24(34)30-27(4,5)6/h7-13,15,21-23,33H,14,16H2,1-6H3,(H,30,34)/t21-,22-,23?/m1/s1. The fourth-order valence-electron chi connectivity index (χ4n) is 4.24. The van der Waals surface area contributed by atoms with E-state index in [0.717, 1.165) is 5.56 Å². The molecule has 2 aromatic rings. The molecule has 1 unspecified atom stereocenters. The molecule has 0 radical (unpaired) electrons. The van der Waals surface area contributed by atoms with Gasteiger partial charge in [-0.25, -0.2) is 0 Å². The Labute approximate surface area is 207 Å². The molecule has 0 spiro atoms. The number of β-amino-alcohol motifs (C(OH)–C–C–N with tert-alkyl or cyclic N) is 1. The van der Waals surface area contributed by atoms with Gasteiger partial charge in [0.05, 0.1) is 12.6 Å². The van der Waals surface area contributed by atoms with Crippen molar-refractivity contribution in [2.24, 2.45) is 0 Å². The van der Waals surface area contributed by atoms with Crippen LogP contribution in [0.4, 0.5) is 5.69 Å². The number of nitriles is 1. The molecule has 0 aliphatic carbocycles. The average Bonchev–Trinajstić information content (AvgIpc) is 3.16. The van der Waals surface area contributed by atoms with Crippen molar-refractivity contribution in [3.63, 3.8) is 0 Å². The summed E-state index contributed by atoms with van der Waals surface area (Å²) in [6.07, 6.45) is 4.52. The number of rotatable bonds is 5. The zero-order valence-electron chi connectivity index (χ0n) is 21.3. The number of aliphatic hydroxyl groups is 1. The molecule has 8 nitrogen and oxygen atoms in total. The number of hydrogen-bond donors (Lipinski definition) is 2. The quantitative estimate of drug-likeness (QED) is 0.640. The molecule has 2 N–H and O–H groups in total. The van der Waals surface area contributed by atoms with Crippen LogP contribution in [0.15, 0.2) is 48.8 Å². The van der Waals surface area contributed by atoms with Crippen molar-refractivity contribution in [3.05, 3.63) is 59.9 Å². The molecule has 1 aliphatic rings. The van der Waals surface area contributed by atoms with Crippen molar-refractivity contribution >= 4 is 17.5 Å². The van der Waals surface area contributed by atoms with Crippen molar-refractivity contribution in [2.45, 2.75) is 77.1 Å². The summed E-state index contributed by atoms with van der Waals surface area (Å²) >= 11 is 0. The van der Waals surface area contributed by atoms with Crippen molar-refractivity contribution in [2.75, 3.05) is 11.4 Å². The number of nitrogens with one attached hydrogen (secondary N) is 1. The number of carbonyl (C=O) groups is 2. The Morgan fingerprint density at radius 3 is 2.34 bits per heavy atom. The summed E-state index contributed by atoms with van der Waals surface area (Å²) in [4.78, 5) is 34.6. The van der Waals surface area contributed by atoms with E-state index in [4.69, 9.17) is 0 Å². The minimum Gasteiger partial charge on any atom is -0.391 e. The van der Waals surface area contributed by atoms with Gasteiger partial charge in [-0.1, -0.05) is 39.0 Å². The first-order valence-corrected chi connectivity index (χ1v) is 11.8. The molecule has 1 aromatic carbocycles. The van der Waals surface area contributed by atoms with Crippen LogP contribution < -0.4 is 10.2 Å². The van der Waals surface area contributed by atoms with Crippen LogP contribution in [-0.4, -0.2) is 51.0 Å². The van der Waals surface area contributed by atoms with E-state index in [1.165, 1.54) is 9.80 Å². The summed E-state index contributed by atoms with van der Waals surface area (Å²) in [5.41, 5.74) is 1.53. The minimum absolute atomic E-state index is 0.0788. The van der Waals surface area contributed by atoms with Crippen LogP contribution in [0.2, 0.25) is 0 Å². The van der Waals surface area contributed by atoms with Crippen LogP contribution in [0.1, 0.15) is 65.1 Å². The second-order valence-corrected chi connectivity index (χ2v) is 11.1.